The smallest absolute Gasteiger partial charge is 0.314 e. The Bertz CT molecular complexity index is 484. The van der Waals surface area contributed by atoms with Gasteiger partial charge in [0.15, 0.2) is 0 Å². The molecular weight excluding hydrogens is 386 g/mol. The van der Waals surface area contributed by atoms with Gasteiger partial charge in [0.1, 0.15) is 11.6 Å². The Balaban J connectivity index is 0.00000242. The van der Waals surface area contributed by atoms with Crippen LogP contribution in [0.1, 0.15) is 18.0 Å². The maximum Gasteiger partial charge on any atom is 0.390 e. The molecule has 0 unspecified atom stereocenters. The van der Waals surface area contributed by atoms with Crippen LogP contribution >= 0.6 is 36.4 Å². The summed E-state index contributed by atoms with van der Waals surface area (Å²) in [5.41, 5.74) is -0.571. The predicted molar refractivity (Wildman–Crippen MR) is 83.7 cm³/mol. The minimum Gasteiger partial charge on any atom is -0.314 e. The lowest BCUT2D eigenvalue weighted by molar-refractivity contribution is -0.149. The fourth-order valence-corrected chi connectivity index (χ4v) is 2.69. The third kappa shape index (κ3) is 6.23. The summed E-state index contributed by atoms with van der Waals surface area (Å²) in [4.78, 5) is 1.44. The molecule has 2 nitrogen and oxygen atoms in total. The Morgan fingerprint density at radius 2 is 1.57 bits per heavy atom. The lowest BCUT2D eigenvalue weighted by Crippen LogP contribution is -2.46. The molecule has 1 N–H and O–H groups in total. The Hall–Kier alpha value is -0.340. The second-order valence-electron chi connectivity index (χ2n) is 4.90. The highest BCUT2D eigenvalue weighted by Gasteiger charge is 2.38. The third-order valence-electron chi connectivity index (χ3n) is 3.39. The van der Waals surface area contributed by atoms with Crippen molar-refractivity contribution >= 4 is 36.4 Å². The van der Waals surface area contributed by atoms with Gasteiger partial charge in [-0.25, -0.2) is 8.78 Å². The summed E-state index contributed by atoms with van der Waals surface area (Å²) in [6.45, 7) is 1.54. The summed E-state index contributed by atoms with van der Waals surface area (Å²) >= 11 is 5.52. The van der Waals surface area contributed by atoms with Crippen molar-refractivity contribution in [3.63, 3.8) is 0 Å². The Morgan fingerprint density at radius 1 is 1.09 bits per heavy atom. The average Bonchev–Trinajstić information content (AvgIpc) is 2.36. The SMILES string of the molecule is Cl.Cl.Fc1cc(Cl)cc(F)c1[C@H](CC(F)(F)F)N1CCNCC1. The first kappa shape index (κ1) is 22.7. The molecule has 2 rings (SSSR count). The molecule has 1 saturated heterocycles. The van der Waals surface area contributed by atoms with Gasteiger partial charge in [0, 0.05) is 42.8 Å². The highest BCUT2D eigenvalue weighted by Crippen LogP contribution is 2.37. The Morgan fingerprint density at radius 3 is 2.00 bits per heavy atom. The van der Waals surface area contributed by atoms with E-state index < -0.39 is 35.8 Å². The van der Waals surface area contributed by atoms with Gasteiger partial charge < -0.3 is 5.32 Å². The molecule has 10 heteroatoms. The number of rotatable bonds is 3. The van der Waals surface area contributed by atoms with E-state index >= 15 is 0 Å². The zero-order chi connectivity index (χ0) is 15.6. The van der Waals surface area contributed by atoms with Gasteiger partial charge in [-0.3, -0.25) is 4.90 Å². The van der Waals surface area contributed by atoms with Gasteiger partial charge in [-0.2, -0.15) is 13.2 Å². The number of alkyl halides is 3. The van der Waals surface area contributed by atoms with Crippen LogP contribution in [0.25, 0.3) is 0 Å². The first-order valence-electron chi connectivity index (χ1n) is 6.44. The number of nitrogens with zero attached hydrogens (tertiary/aromatic N) is 1. The van der Waals surface area contributed by atoms with Gasteiger partial charge in [0.2, 0.25) is 0 Å². The summed E-state index contributed by atoms with van der Waals surface area (Å²) in [6, 6.07) is 0.293. The van der Waals surface area contributed by atoms with Crippen molar-refractivity contribution in [2.45, 2.75) is 18.6 Å². The number of piperazine rings is 1. The summed E-state index contributed by atoms with van der Waals surface area (Å²) < 4.78 is 66.2. The van der Waals surface area contributed by atoms with Crippen LogP contribution in [-0.2, 0) is 0 Å². The van der Waals surface area contributed by atoms with E-state index in [1.165, 1.54) is 4.90 Å². The highest BCUT2D eigenvalue weighted by molar-refractivity contribution is 6.30. The minimum absolute atomic E-state index is 0. The maximum absolute atomic E-state index is 14.0. The first-order chi connectivity index (χ1) is 9.78. The second kappa shape index (κ2) is 9.22. The Kier molecular flexibility index (Phi) is 9.09. The molecule has 0 aromatic heterocycles. The van der Waals surface area contributed by atoms with E-state index in [4.69, 9.17) is 11.6 Å². The maximum atomic E-state index is 14.0. The van der Waals surface area contributed by atoms with Crippen molar-refractivity contribution in [1.29, 1.82) is 0 Å². The zero-order valence-corrected chi connectivity index (χ0v) is 14.2. The van der Waals surface area contributed by atoms with Gasteiger partial charge in [-0.15, -0.1) is 24.8 Å². The van der Waals surface area contributed by atoms with E-state index in [0.29, 0.717) is 26.2 Å². The van der Waals surface area contributed by atoms with Crippen LogP contribution in [0, 0.1) is 11.6 Å². The predicted octanol–water partition coefficient (Wildman–Crippen LogP) is 4.36. The Labute approximate surface area is 148 Å². The molecule has 1 aromatic rings. The van der Waals surface area contributed by atoms with E-state index in [9.17, 15) is 22.0 Å². The standard InChI is InChI=1S/C13H14ClF5N2.2ClH/c14-8-5-9(15)12(10(16)6-8)11(7-13(17,18)19)21-3-1-20-2-4-21;;/h5-6,11,20H,1-4,7H2;2*1H/t11-;;/m0../s1. The van der Waals surface area contributed by atoms with E-state index in [2.05, 4.69) is 5.32 Å². The van der Waals surface area contributed by atoms with Gasteiger partial charge in [0.05, 0.1) is 6.42 Å². The van der Waals surface area contributed by atoms with Crippen LogP contribution in [0.5, 0.6) is 0 Å². The molecule has 1 aliphatic heterocycles. The van der Waals surface area contributed by atoms with Crippen molar-refractivity contribution in [2.75, 3.05) is 26.2 Å². The van der Waals surface area contributed by atoms with E-state index in [-0.39, 0.29) is 29.8 Å². The molecule has 23 heavy (non-hydrogen) atoms. The molecule has 0 spiro atoms. The molecule has 1 aliphatic rings. The van der Waals surface area contributed by atoms with Crippen LogP contribution < -0.4 is 5.32 Å². The molecule has 1 aromatic carbocycles. The molecular formula is C13H16Cl3F5N2. The van der Waals surface area contributed by atoms with Crippen LogP contribution in [0.4, 0.5) is 22.0 Å². The lowest BCUT2D eigenvalue weighted by atomic mass is 9.99. The quantitative estimate of drug-likeness (QED) is 0.757. The molecule has 0 saturated carbocycles. The average molecular weight is 402 g/mol. The van der Waals surface area contributed by atoms with Crippen molar-refractivity contribution < 1.29 is 22.0 Å². The van der Waals surface area contributed by atoms with Crippen LogP contribution in [0.2, 0.25) is 5.02 Å². The van der Waals surface area contributed by atoms with Crippen LogP contribution in [-0.4, -0.2) is 37.3 Å². The molecule has 1 fully saturated rings. The largest absolute Gasteiger partial charge is 0.390 e. The fourth-order valence-electron chi connectivity index (χ4n) is 2.50. The van der Waals surface area contributed by atoms with Gasteiger partial charge >= 0.3 is 6.18 Å². The van der Waals surface area contributed by atoms with E-state index in [1.807, 2.05) is 0 Å². The number of halogens is 8. The summed E-state index contributed by atoms with van der Waals surface area (Å²) in [5, 5.41) is 2.81. The highest BCUT2D eigenvalue weighted by atomic mass is 35.5. The van der Waals surface area contributed by atoms with Crippen LogP contribution in [0.15, 0.2) is 12.1 Å². The molecule has 0 bridgehead atoms. The number of nitrogens with one attached hydrogen (secondary N) is 1. The van der Waals surface area contributed by atoms with Crippen molar-refractivity contribution in [3.8, 4) is 0 Å². The minimum atomic E-state index is -4.52. The van der Waals surface area contributed by atoms with E-state index in [1.54, 1.807) is 0 Å². The zero-order valence-electron chi connectivity index (χ0n) is 11.8. The number of benzene rings is 1. The van der Waals surface area contributed by atoms with Gasteiger partial charge in [0.25, 0.3) is 0 Å². The normalized spacial score (nSPS) is 17.1. The second-order valence-corrected chi connectivity index (χ2v) is 5.34. The molecule has 134 valence electrons. The summed E-state index contributed by atoms with van der Waals surface area (Å²) in [6.07, 6.45) is -5.82. The van der Waals surface area contributed by atoms with Gasteiger partial charge in [-0.1, -0.05) is 11.6 Å². The monoisotopic (exact) mass is 400 g/mol. The fraction of sp³-hybridized carbons (Fsp3) is 0.538. The first-order valence-corrected chi connectivity index (χ1v) is 6.81. The molecule has 1 heterocycles. The van der Waals surface area contributed by atoms with Gasteiger partial charge in [-0.05, 0) is 12.1 Å². The summed E-state index contributed by atoms with van der Waals surface area (Å²) in [5.74, 6) is -2.10. The summed E-state index contributed by atoms with van der Waals surface area (Å²) in [7, 11) is 0. The third-order valence-corrected chi connectivity index (χ3v) is 3.61. The van der Waals surface area contributed by atoms with Crippen molar-refractivity contribution in [3.05, 3.63) is 34.4 Å². The topological polar surface area (TPSA) is 15.3 Å². The van der Waals surface area contributed by atoms with Crippen LogP contribution in [0.3, 0.4) is 0 Å². The molecule has 0 aliphatic carbocycles. The lowest BCUT2D eigenvalue weighted by Gasteiger charge is -2.35. The van der Waals surface area contributed by atoms with Crippen molar-refractivity contribution in [2.24, 2.45) is 0 Å². The molecule has 1 atom stereocenters. The molecule has 0 radical (unpaired) electrons. The number of hydrogen-bond donors (Lipinski definition) is 1. The van der Waals surface area contributed by atoms with Crippen molar-refractivity contribution in [1.82, 2.24) is 10.2 Å². The molecule has 0 amide bonds. The number of hydrogen-bond acceptors (Lipinski definition) is 2. The van der Waals surface area contributed by atoms with E-state index in [0.717, 1.165) is 12.1 Å².